The van der Waals surface area contributed by atoms with Crippen molar-refractivity contribution >= 4 is 52.2 Å². The van der Waals surface area contributed by atoms with Crippen molar-refractivity contribution in [3.8, 4) is 11.3 Å². The first kappa shape index (κ1) is 21.0. The predicted octanol–water partition coefficient (Wildman–Crippen LogP) is 5.81. The Labute approximate surface area is 187 Å². The summed E-state index contributed by atoms with van der Waals surface area (Å²) in [4.78, 5) is 28.6. The number of carboxylic acid groups (broad SMARTS) is 1. The zero-order valence-corrected chi connectivity index (χ0v) is 18.2. The summed E-state index contributed by atoms with van der Waals surface area (Å²) in [6, 6.07) is 13.9. The molecule has 1 aliphatic heterocycles. The largest absolute Gasteiger partial charge is 0.478 e. The fourth-order valence-corrected chi connectivity index (χ4v) is 3.97. The molecule has 6 nitrogen and oxygen atoms in total. The van der Waals surface area contributed by atoms with Gasteiger partial charge in [-0.1, -0.05) is 17.7 Å². The summed E-state index contributed by atoms with van der Waals surface area (Å²) >= 11 is 7.15. The number of thioether (sulfide) groups is 1. The van der Waals surface area contributed by atoms with Gasteiger partial charge in [0.25, 0.3) is 5.91 Å². The summed E-state index contributed by atoms with van der Waals surface area (Å²) in [5.74, 6) is -0.439. The van der Waals surface area contributed by atoms with Crippen LogP contribution < -0.4 is 5.32 Å². The van der Waals surface area contributed by atoms with Gasteiger partial charge in [-0.2, -0.15) is 0 Å². The highest BCUT2D eigenvalue weighted by Crippen LogP contribution is 2.31. The monoisotopic (exact) mass is 452 g/mol. The minimum absolute atomic E-state index is 0.00612. The number of aromatic carboxylic acids is 1. The number of carboxylic acids is 1. The van der Waals surface area contributed by atoms with E-state index in [2.05, 4.69) is 10.3 Å². The first-order valence-corrected chi connectivity index (χ1v) is 10.5. The van der Waals surface area contributed by atoms with E-state index < -0.39 is 5.97 Å². The average molecular weight is 453 g/mol. The molecule has 156 valence electrons. The van der Waals surface area contributed by atoms with Crippen molar-refractivity contribution in [1.82, 2.24) is 5.32 Å². The Hall–Kier alpha value is -3.29. The minimum atomic E-state index is -1.12. The molecule has 0 atom stereocenters. The number of hydrogen-bond donors (Lipinski definition) is 2. The maximum atomic E-state index is 12.3. The molecule has 1 fully saturated rings. The maximum Gasteiger partial charge on any atom is 0.337 e. The van der Waals surface area contributed by atoms with E-state index in [0.29, 0.717) is 27.2 Å². The molecule has 1 aliphatic rings. The molecule has 0 saturated carbocycles. The van der Waals surface area contributed by atoms with Crippen LogP contribution in [0.25, 0.3) is 17.4 Å². The van der Waals surface area contributed by atoms with Crippen LogP contribution in [0.5, 0.6) is 0 Å². The number of hydrogen-bond acceptors (Lipinski definition) is 5. The zero-order valence-electron chi connectivity index (χ0n) is 16.6. The molecule has 2 N–H and O–H groups in total. The fourth-order valence-electron chi connectivity index (χ4n) is 2.95. The lowest BCUT2D eigenvalue weighted by atomic mass is 10.1. The Balaban J connectivity index is 1.56. The third-order valence-electron chi connectivity index (χ3n) is 4.75. The molecular weight excluding hydrogens is 436 g/mol. The lowest BCUT2D eigenvalue weighted by Crippen LogP contribution is -2.19. The number of amides is 1. The highest BCUT2D eigenvalue weighted by Gasteiger charge is 2.24. The van der Waals surface area contributed by atoms with Gasteiger partial charge in [-0.15, -0.1) is 0 Å². The second-order valence-corrected chi connectivity index (χ2v) is 8.39. The average Bonchev–Trinajstić information content (AvgIpc) is 3.32. The van der Waals surface area contributed by atoms with Crippen LogP contribution >= 0.6 is 23.4 Å². The van der Waals surface area contributed by atoms with E-state index in [4.69, 9.17) is 16.0 Å². The first-order chi connectivity index (χ1) is 14.8. The van der Waals surface area contributed by atoms with Crippen molar-refractivity contribution in [2.45, 2.75) is 13.8 Å². The third-order valence-corrected chi connectivity index (χ3v) is 5.99. The molecule has 2 aromatic carbocycles. The van der Waals surface area contributed by atoms with Crippen molar-refractivity contribution in [2.24, 2.45) is 4.99 Å². The number of aryl methyl sites for hydroxylation is 2. The van der Waals surface area contributed by atoms with Crippen LogP contribution in [0.1, 0.15) is 27.2 Å². The maximum absolute atomic E-state index is 12.3. The van der Waals surface area contributed by atoms with Gasteiger partial charge in [-0.25, -0.2) is 9.79 Å². The summed E-state index contributed by atoms with van der Waals surface area (Å²) in [5.41, 5.74) is 3.64. The van der Waals surface area contributed by atoms with Crippen LogP contribution in [0.2, 0.25) is 5.02 Å². The number of carbonyl (C=O) groups excluding carboxylic acids is 1. The Bertz CT molecular complexity index is 1280. The normalized spacial score (nSPS) is 16.2. The van der Waals surface area contributed by atoms with Crippen molar-refractivity contribution < 1.29 is 19.1 Å². The van der Waals surface area contributed by atoms with Crippen LogP contribution in [0.15, 0.2) is 62.8 Å². The topological polar surface area (TPSA) is 91.9 Å². The van der Waals surface area contributed by atoms with E-state index in [0.717, 1.165) is 11.3 Å². The van der Waals surface area contributed by atoms with E-state index in [1.807, 2.05) is 32.0 Å². The van der Waals surface area contributed by atoms with Crippen LogP contribution in [-0.4, -0.2) is 22.2 Å². The number of amidine groups is 1. The number of rotatable bonds is 4. The predicted molar refractivity (Wildman–Crippen MR) is 123 cm³/mol. The van der Waals surface area contributed by atoms with Crippen LogP contribution in [0, 0.1) is 13.8 Å². The first-order valence-electron chi connectivity index (χ1n) is 9.30. The zero-order chi connectivity index (χ0) is 22.1. The Morgan fingerprint density at radius 2 is 1.94 bits per heavy atom. The number of furan rings is 1. The summed E-state index contributed by atoms with van der Waals surface area (Å²) < 4.78 is 5.79. The molecule has 0 bridgehead atoms. The van der Waals surface area contributed by atoms with Gasteiger partial charge in [0, 0.05) is 11.6 Å². The number of aliphatic imine (C=N–C) groups is 1. The lowest BCUT2D eigenvalue weighted by molar-refractivity contribution is -0.115. The highest BCUT2D eigenvalue weighted by atomic mass is 35.5. The molecule has 1 aromatic heterocycles. The molecule has 0 radical (unpaired) electrons. The number of benzene rings is 2. The molecule has 0 unspecified atom stereocenters. The lowest BCUT2D eigenvalue weighted by Gasteiger charge is -2.02. The summed E-state index contributed by atoms with van der Waals surface area (Å²) in [5, 5.41) is 12.6. The minimum Gasteiger partial charge on any atom is -0.478 e. The smallest absolute Gasteiger partial charge is 0.337 e. The summed E-state index contributed by atoms with van der Waals surface area (Å²) in [6.45, 7) is 4.04. The molecular formula is C23H17ClN2O4S. The summed E-state index contributed by atoms with van der Waals surface area (Å²) in [7, 11) is 0. The Kier molecular flexibility index (Phi) is 5.71. The molecule has 2 heterocycles. The third kappa shape index (κ3) is 4.57. The van der Waals surface area contributed by atoms with Crippen LogP contribution in [0.3, 0.4) is 0 Å². The van der Waals surface area contributed by atoms with Gasteiger partial charge in [0.2, 0.25) is 0 Å². The van der Waals surface area contributed by atoms with Gasteiger partial charge < -0.3 is 14.8 Å². The molecule has 1 saturated heterocycles. The van der Waals surface area contributed by atoms with Gasteiger partial charge >= 0.3 is 5.97 Å². The number of nitrogens with one attached hydrogen (secondary N) is 1. The highest BCUT2D eigenvalue weighted by molar-refractivity contribution is 8.18. The number of halogens is 1. The van der Waals surface area contributed by atoms with Crippen LogP contribution in [0.4, 0.5) is 5.69 Å². The Morgan fingerprint density at radius 1 is 1.13 bits per heavy atom. The summed E-state index contributed by atoms with van der Waals surface area (Å²) in [6.07, 6.45) is 1.63. The molecule has 0 spiro atoms. The van der Waals surface area contributed by atoms with Crippen molar-refractivity contribution in [3.05, 3.63) is 80.9 Å². The quantitative estimate of drug-likeness (QED) is 0.487. The van der Waals surface area contributed by atoms with Crippen LogP contribution in [-0.2, 0) is 4.79 Å². The van der Waals surface area contributed by atoms with Gasteiger partial charge in [0.15, 0.2) is 5.17 Å². The Morgan fingerprint density at radius 3 is 2.68 bits per heavy atom. The molecule has 3 aromatic rings. The van der Waals surface area contributed by atoms with Gasteiger partial charge in [-0.3, -0.25) is 4.79 Å². The van der Waals surface area contributed by atoms with Gasteiger partial charge in [0.05, 0.1) is 21.2 Å². The van der Waals surface area contributed by atoms with E-state index in [-0.39, 0.29) is 16.5 Å². The fraction of sp³-hybridized carbons (Fsp3) is 0.0870. The van der Waals surface area contributed by atoms with E-state index in [1.165, 1.54) is 29.5 Å². The van der Waals surface area contributed by atoms with Crippen molar-refractivity contribution in [1.29, 1.82) is 0 Å². The van der Waals surface area contributed by atoms with E-state index in [9.17, 15) is 14.7 Å². The second-order valence-electron chi connectivity index (χ2n) is 6.95. The van der Waals surface area contributed by atoms with E-state index >= 15 is 0 Å². The van der Waals surface area contributed by atoms with Gasteiger partial charge in [0.1, 0.15) is 11.5 Å². The van der Waals surface area contributed by atoms with Crippen molar-refractivity contribution in [3.63, 3.8) is 0 Å². The molecule has 0 aliphatic carbocycles. The number of carbonyl (C=O) groups is 2. The van der Waals surface area contributed by atoms with E-state index in [1.54, 1.807) is 24.3 Å². The standard InChI is InChI=1S/C23H17ClN2O4S/c1-12-3-5-15(9-13(12)2)25-23-26-21(27)20(31-23)11-16-6-8-19(30-16)14-4-7-18(24)17(10-14)22(28)29/h3-11H,1-2H3,(H,28,29)(H,25,26,27)/b20-11-. The molecule has 31 heavy (non-hydrogen) atoms. The van der Waals surface area contributed by atoms with Gasteiger partial charge in [-0.05, 0) is 79.2 Å². The molecule has 8 heteroatoms. The second kappa shape index (κ2) is 8.45. The van der Waals surface area contributed by atoms with Crippen molar-refractivity contribution in [2.75, 3.05) is 0 Å². The molecule has 4 rings (SSSR count). The number of nitrogens with zero attached hydrogens (tertiary/aromatic N) is 1. The SMILES string of the molecule is Cc1ccc(N=C2NC(=O)/C(=C/c3ccc(-c4ccc(Cl)c(C(=O)O)c4)o3)S2)cc1C. The molecule has 1 amide bonds.